The van der Waals surface area contributed by atoms with E-state index in [1.54, 1.807) is 6.07 Å². The molecule has 0 radical (unpaired) electrons. The monoisotopic (exact) mass is 336 g/mol. The zero-order valence-corrected chi connectivity index (χ0v) is 11.5. The molecule has 1 aromatic carbocycles. The van der Waals surface area contributed by atoms with Crippen LogP contribution in [0, 0.1) is 0 Å². The van der Waals surface area contributed by atoms with Crippen LogP contribution in [0.4, 0.5) is 0 Å². The van der Waals surface area contributed by atoms with Gasteiger partial charge in [-0.3, -0.25) is 0 Å². The Bertz CT molecular complexity index is 402. The quantitative estimate of drug-likeness (QED) is 0.842. The van der Waals surface area contributed by atoms with Crippen LogP contribution in [0.5, 0.6) is 5.75 Å². The third-order valence-corrected chi connectivity index (χ3v) is 3.61. The zero-order valence-electron chi connectivity index (χ0n) is 8.30. The van der Waals surface area contributed by atoms with Gasteiger partial charge in [0.2, 0.25) is 0 Å². The van der Waals surface area contributed by atoms with Gasteiger partial charge in [0.25, 0.3) is 0 Å². The van der Waals surface area contributed by atoms with Gasteiger partial charge in [0, 0.05) is 4.47 Å². The number of phenolic OH excluding ortho intramolecular Hbond substituents is 1. The van der Waals surface area contributed by atoms with E-state index in [1.165, 1.54) is 7.11 Å². The minimum Gasteiger partial charge on any atom is -0.506 e. The van der Waals surface area contributed by atoms with Gasteiger partial charge in [0.15, 0.2) is 0 Å². The molecule has 15 heavy (non-hydrogen) atoms. The number of aromatic hydroxyl groups is 1. The summed E-state index contributed by atoms with van der Waals surface area (Å²) >= 11 is 6.59. The third-order valence-electron chi connectivity index (χ3n) is 2.05. The number of hydrogen-bond donors (Lipinski definition) is 1. The number of methoxy groups -OCH3 is 1. The van der Waals surface area contributed by atoms with Crippen LogP contribution in [-0.2, 0) is 11.2 Å². The summed E-state index contributed by atoms with van der Waals surface area (Å²) < 4.78 is 5.86. The molecule has 0 aromatic heterocycles. The number of phenols is 1. The number of carbonyl (C=O) groups excluding carboxylic acids is 1. The summed E-state index contributed by atoms with van der Waals surface area (Å²) in [6.45, 7) is 1.96. The fraction of sp³-hybridized carbons (Fsp3) is 0.300. The SMILES string of the molecule is CCc1c(Br)cc(C(=O)OC)c(O)c1Br. The van der Waals surface area contributed by atoms with Gasteiger partial charge in [-0.2, -0.15) is 0 Å². The second-order valence-electron chi connectivity index (χ2n) is 2.89. The molecule has 1 aromatic rings. The summed E-state index contributed by atoms with van der Waals surface area (Å²) in [7, 11) is 1.28. The highest BCUT2D eigenvalue weighted by atomic mass is 79.9. The van der Waals surface area contributed by atoms with Crippen molar-refractivity contribution >= 4 is 37.8 Å². The van der Waals surface area contributed by atoms with Gasteiger partial charge < -0.3 is 9.84 Å². The maximum Gasteiger partial charge on any atom is 0.341 e. The van der Waals surface area contributed by atoms with Crippen molar-refractivity contribution < 1.29 is 14.6 Å². The van der Waals surface area contributed by atoms with Crippen molar-refractivity contribution in [3.05, 3.63) is 26.1 Å². The van der Waals surface area contributed by atoms with Gasteiger partial charge in [0.05, 0.1) is 11.6 Å². The molecule has 3 nitrogen and oxygen atoms in total. The smallest absolute Gasteiger partial charge is 0.341 e. The van der Waals surface area contributed by atoms with Gasteiger partial charge in [0.1, 0.15) is 11.3 Å². The minimum atomic E-state index is -0.559. The van der Waals surface area contributed by atoms with Gasteiger partial charge in [-0.25, -0.2) is 4.79 Å². The summed E-state index contributed by atoms with van der Waals surface area (Å²) in [4.78, 5) is 11.3. The molecule has 0 spiro atoms. The van der Waals surface area contributed by atoms with Crippen molar-refractivity contribution in [3.8, 4) is 5.75 Å². The van der Waals surface area contributed by atoms with E-state index in [1.807, 2.05) is 6.92 Å². The molecule has 0 heterocycles. The van der Waals surface area contributed by atoms with Crippen LogP contribution in [0.2, 0.25) is 0 Å². The second-order valence-corrected chi connectivity index (χ2v) is 4.54. The fourth-order valence-electron chi connectivity index (χ4n) is 1.24. The first kappa shape index (κ1) is 12.5. The van der Waals surface area contributed by atoms with E-state index in [9.17, 15) is 9.90 Å². The van der Waals surface area contributed by atoms with E-state index in [2.05, 4.69) is 36.6 Å². The highest BCUT2D eigenvalue weighted by molar-refractivity contribution is 9.11. The third kappa shape index (κ3) is 2.34. The highest BCUT2D eigenvalue weighted by Gasteiger charge is 2.18. The van der Waals surface area contributed by atoms with E-state index in [-0.39, 0.29) is 11.3 Å². The first-order valence-corrected chi connectivity index (χ1v) is 5.89. The molecular weight excluding hydrogens is 328 g/mol. The molecule has 0 saturated heterocycles. The number of esters is 1. The maximum atomic E-state index is 11.3. The van der Waals surface area contributed by atoms with Crippen LogP contribution in [0.25, 0.3) is 0 Å². The molecule has 0 aliphatic carbocycles. The summed E-state index contributed by atoms with van der Waals surface area (Å²) in [6.07, 6.45) is 0.746. The number of benzene rings is 1. The van der Waals surface area contributed by atoms with Crippen molar-refractivity contribution in [1.82, 2.24) is 0 Å². The summed E-state index contributed by atoms with van der Waals surface area (Å²) in [6, 6.07) is 1.56. The van der Waals surface area contributed by atoms with E-state index >= 15 is 0 Å². The van der Waals surface area contributed by atoms with E-state index < -0.39 is 5.97 Å². The number of carbonyl (C=O) groups is 1. The highest BCUT2D eigenvalue weighted by Crippen LogP contribution is 2.37. The van der Waals surface area contributed by atoms with E-state index in [0.717, 1.165) is 16.5 Å². The van der Waals surface area contributed by atoms with Crippen molar-refractivity contribution in [1.29, 1.82) is 0 Å². The van der Waals surface area contributed by atoms with Crippen LogP contribution in [0.15, 0.2) is 15.0 Å². The summed E-state index contributed by atoms with van der Waals surface area (Å²) in [5.41, 5.74) is 1.06. The largest absolute Gasteiger partial charge is 0.506 e. The van der Waals surface area contributed by atoms with Crippen LogP contribution in [-0.4, -0.2) is 18.2 Å². The Balaban J connectivity index is 3.40. The molecular formula is C10H10Br2O3. The standard InChI is InChI=1S/C10H10Br2O3/c1-3-5-7(11)4-6(10(14)15-2)9(13)8(5)12/h4,13H,3H2,1-2H3. The number of ether oxygens (including phenoxy) is 1. The predicted molar refractivity (Wildman–Crippen MR) is 64.2 cm³/mol. The predicted octanol–water partition coefficient (Wildman–Crippen LogP) is 3.27. The molecule has 0 atom stereocenters. The Morgan fingerprint density at radius 3 is 2.60 bits per heavy atom. The Morgan fingerprint density at radius 2 is 2.13 bits per heavy atom. The maximum absolute atomic E-state index is 11.3. The lowest BCUT2D eigenvalue weighted by Gasteiger charge is -2.10. The first-order chi connectivity index (χ1) is 7.02. The fourth-order valence-corrected chi connectivity index (χ4v) is 2.92. The average Bonchev–Trinajstić information content (AvgIpc) is 2.23. The number of rotatable bonds is 2. The number of halogens is 2. The van der Waals surface area contributed by atoms with E-state index in [0.29, 0.717) is 4.47 Å². The zero-order chi connectivity index (χ0) is 11.6. The Kier molecular flexibility index (Phi) is 4.16. The average molecular weight is 338 g/mol. The van der Waals surface area contributed by atoms with Crippen LogP contribution in [0.1, 0.15) is 22.8 Å². The van der Waals surface area contributed by atoms with Gasteiger partial charge in [-0.05, 0) is 34.0 Å². The van der Waals surface area contributed by atoms with Gasteiger partial charge in [-0.1, -0.05) is 22.9 Å². The lowest BCUT2D eigenvalue weighted by molar-refractivity contribution is 0.0597. The summed E-state index contributed by atoms with van der Waals surface area (Å²) in [5, 5.41) is 9.77. The molecule has 1 rings (SSSR count). The van der Waals surface area contributed by atoms with E-state index in [4.69, 9.17) is 0 Å². The summed E-state index contributed by atoms with van der Waals surface area (Å²) in [5.74, 6) is -0.640. The molecule has 0 bridgehead atoms. The topological polar surface area (TPSA) is 46.5 Å². The Labute approximate surface area is 105 Å². The van der Waals surface area contributed by atoms with Crippen LogP contribution >= 0.6 is 31.9 Å². The molecule has 0 aliphatic heterocycles. The molecule has 1 N–H and O–H groups in total. The van der Waals surface area contributed by atoms with Crippen molar-refractivity contribution in [2.45, 2.75) is 13.3 Å². The molecule has 0 unspecified atom stereocenters. The molecule has 0 saturated carbocycles. The molecule has 0 amide bonds. The molecule has 5 heteroatoms. The van der Waals surface area contributed by atoms with Crippen molar-refractivity contribution in [2.75, 3.05) is 7.11 Å². The Morgan fingerprint density at radius 1 is 1.53 bits per heavy atom. The van der Waals surface area contributed by atoms with Crippen LogP contribution in [0.3, 0.4) is 0 Å². The van der Waals surface area contributed by atoms with Crippen molar-refractivity contribution in [3.63, 3.8) is 0 Å². The van der Waals surface area contributed by atoms with Crippen LogP contribution < -0.4 is 0 Å². The lowest BCUT2D eigenvalue weighted by atomic mass is 10.1. The minimum absolute atomic E-state index is 0.0816. The van der Waals surface area contributed by atoms with Gasteiger partial charge >= 0.3 is 5.97 Å². The second kappa shape index (κ2) is 4.99. The molecule has 0 aliphatic rings. The lowest BCUT2D eigenvalue weighted by Crippen LogP contribution is -2.03. The molecule has 82 valence electrons. The number of hydrogen-bond acceptors (Lipinski definition) is 3. The van der Waals surface area contributed by atoms with Crippen molar-refractivity contribution in [2.24, 2.45) is 0 Å². The first-order valence-electron chi connectivity index (χ1n) is 4.31. The molecule has 0 fully saturated rings. The normalized spacial score (nSPS) is 10.1. The Hall–Kier alpha value is -0.550. The van der Waals surface area contributed by atoms with Gasteiger partial charge in [-0.15, -0.1) is 0 Å².